The van der Waals surface area contributed by atoms with E-state index in [2.05, 4.69) is 59.9 Å². The van der Waals surface area contributed by atoms with Crippen molar-refractivity contribution >= 4 is 30.7 Å². The summed E-state index contributed by atoms with van der Waals surface area (Å²) >= 11 is 0. The molecule has 5 nitrogen and oxygen atoms in total. The van der Waals surface area contributed by atoms with E-state index in [4.69, 9.17) is 0 Å². The van der Waals surface area contributed by atoms with Gasteiger partial charge in [0.1, 0.15) is 5.82 Å². The molecule has 28 heavy (non-hydrogen) atoms. The highest BCUT2D eigenvalue weighted by Crippen LogP contribution is 2.24. The fourth-order valence-corrected chi connectivity index (χ4v) is 3.65. The van der Waals surface area contributed by atoms with Crippen LogP contribution in [0.3, 0.4) is 0 Å². The lowest BCUT2D eigenvalue weighted by molar-refractivity contribution is -0.134. The minimum atomic E-state index is 0. The smallest absolute Gasteiger partial charge is 0.224 e. The van der Waals surface area contributed by atoms with E-state index in [-0.39, 0.29) is 36.8 Å². The first-order valence-electron chi connectivity index (χ1n) is 9.70. The Hall–Kier alpha value is -1.56. The first-order chi connectivity index (χ1) is 12.6. The van der Waals surface area contributed by atoms with E-state index in [0.29, 0.717) is 18.9 Å². The van der Waals surface area contributed by atoms with Gasteiger partial charge in [-0.1, -0.05) is 45.0 Å². The van der Waals surface area contributed by atoms with E-state index in [0.717, 1.165) is 31.9 Å². The van der Waals surface area contributed by atoms with Gasteiger partial charge >= 0.3 is 0 Å². The molecule has 0 bridgehead atoms. The second-order valence-corrected chi connectivity index (χ2v) is 7.29. The molecule has 1 amide bonds. The van der Waals surface area contributed by atoms with Crippen LogP contribution in [-0.4, -0.2) is 40.0 Å². The van der Waals surface area contributed by atoms with Crippen LogP contribution < -0.4 is 5.32 Å². The first kappa shape index (κ1) is 24.5. The summed E-state index contributed by atoms with van der Waals surface area (Å²) in [5.41, 5.74) is 2.55. The van der Waals surface area contributed by atoms with Crippen LogP contribution in [0.15, 0.2) is 36.7 Å². The Morgan fingerprint density at radius 3 is 2.61 bits per heavy atom. The zero-order valence-electron chi connectivity index (χ0n) is 16.9. The van der Waals surface area contributed by atoms with Gasteiger partial charge in [0.05, 0.1) is 6.04 Å². The molecule has 1 aliphatic rings. The Bertz CT molecular complexity index is 730. The van der Waals surface area contributed by atoms with Crippen LogP contribution in [0.5, 0.6) is 0 Å². The van der Waals surface area contributed by atoms with E-state index in [9.17, 15) is 4.79 Å². The highest BCUT2D eigenvalue weighted by Gasteiger charge is 2.27. The maximum Gasteiger partial charge on any atom is 0.224 e. The number of rotatable bonds is 6. The van der Waals surface area contributed by atoms with Gasteiger partial charge in [-0.05, 0) is 17.5 Å². The number of halogens is 2. The number of amides is 1. The molecule has 1 N–H and O–H groups in total. The van der Waals surface area contributed by atoms with Crippen LogP contribution in [-0.2, 0) is 17.8 Å². The second-order valence-electron chi connectivity index (χ2n) is 7.29. The van der Waals surface area contributed by atoms with E-state index >= 15 is 0 Å². The van der Waals surface area contributed by atoms with Gasteiger partial charge in [0.2, 0.25) is 5.91 Å². The number of hydrogen-bond donors (Lipinski definition) is 1. The molecule has 1 saturated heterocycles. The van der Waals surface area contributed by atoms with Crippen molar-refractivity contribution in [2.45, 2.75) is 52.1 Å². The molecule has 1 fully saturated rings. The summed E-state index contributed by atoms with van der Waals surface area (Å²) in [4.78, 5) is 19.4. The quantitative estimate of drug-likeness (QED) is 0.759. The van der Waals surface area contributed by atoms with Gasteiger partial charge in [0, 0.05) is 50.9 Å². The summed E-state index contributed by atoms with van der Waals surface area (Å²) in [5, 5.41) is 3.43. The van der Waals surface area contributed by atoms with Crippen LogP contribution in [0.4, 0.5) is 0 Å². The lowest BCUT2D eigenvalue weighted by Gasteiger charge is -2.37. The molecule has 3 rings (SSSR count). The number of hydrogen-bond acceptors (Lipinski definition) is 3. The van der Waals surface area contributed by atoms with Gasteiger partial charge in [-0.3, -0.25) is 4.79 Å². The third-order valence-corrected chi connectivity index (χ3v) is 5.17. The molecule has 0 spiro atoms. The van der Waals surface area contributed by atoms with Gasteiger partial charge < -0.3 is 14.8 Å². The van der Waals surface area contributed by atoms with E-state index < -0.39 is 0 Å². The third-order valence-electron chi connectivity index (χ3n) is 5.17. The number of benzene rings is 1. The molecule has 7 heteroatoms. The lowest BCUT2D eigenvalue weighted by atomic mass is 10.0. The third kappa shape index (κ3) is 5.72. The van der Waals surface area contributed by atoms with E-state index in [1.54, 1.807) is 0 Å². The van der Waals surface area contributed by atoms with Crippen molar-refractivity contribution in [3.05, 3.63) is 53.6 Å². The molecular weight excluding hydrogens is 395 g/mol. The standard InChI is InChI=1S/C21H30N4O.2ClH/c1-4-17-5-7-18(8-6-17)19-15-22-10-14-25(19)20(26)9-12-24-13-11-23-21(24)16(2)3;;/h5-8,11,13,16,19,22H,4,9-10,12,14-15H2,1-3H3;2*1H. The van der Waals surface area contributed by atoms with Crippen LogP contribution in [0.1, 0.15) is 56.1 Å². The molecule has 1 aromatic heterocycles. The van der Waals surface area contributed by atoms with Gasteiger partial charge in [0.25, 0.3) is 0 Å². The Morgan fingerprint density at radius 1 is 1.25 bits per heavy atom. The fraction of sp³-hybridized carbons (Fsp3) is 0.524. The molecule has 156 valence electrons. The summed E-state index contributed by atoms with van der Waals surface area (Å²) in [6.45, 7) is 9.56. The minimum absolute atomic E-state index is 0. The summed E-state index contributed by atoms with van der Waals surface area (Å²) in [6.07, 6.45) is 5.35. The fourth-order valence-electron chi connectivity index (χ4n) is 3.65. The Morgan fingerprint density at radius 2 is 1.96 bits per heavy atom. The number of carbonyl (C=O) groups is 1. The predicted molar refractivity (Wildman–Crippen MR) is 119 cm³/mol. The Kier molecular flexibility index (Phi) is 10.0. The average molecular weight is 427 g/mol. The largest absolute Gasteiger partial charge is 0.334 e. The summed E-state index contributed by atoms with van der Waals surface area (Å²) in [6, 6.07) is 8.81. The molecule has 1 atom stereocenters. The molecular formula is C21H32Cl2N4O. The minimum Gasteiger partial charge on any atom is -0.334 e. The molecule has 1 aliphatic heterocycles. The molecule has 1 aromatic carbocycles. The molecule has 2 heterocycles. The highest BCUT2D eigenvalue weighted by molar-refractivity contribution is 5.85. The van der Waals surface area contributed by atoms with Gasteiger partial charge in [-0.15, -0.1) is 24.8 Å². The molecule has 0 saturated carbocycles. The van der Waals surface area contributed by atoms with Gasteiger partial charge in [0.15, 0.2) is 0 Å². The molecule has 2 aromatic rings. The second kappa shape index (κ2) is 11.4. The zero-order valence-corrected chi connectivity index (χ0v) is 18.6. The predicted octanol–water partition coefficient (Wildman–Crippen LogP) is 3.98. The number of aryl methyl sites for hydroxylation is 2. The first-order valence-corrected chi connectivity index (χ1v) is 9.70. The van der Waals surface area contributed by atoms with Crippen molar-refractivity contribution in [2.75, 3.05) is 19.6 Å². The topological polar surface area (TPSA) is 50.2 Å². The monoisotopic (exact) mass is 426 g/mol. The zero-order chi connectivity index (χ0) is 18.5. The van der Waals surface area contributed by atoms with Crippen molar-refractivity contribution < 1.29 is 4.79 Å². The highest BCUT2D eigenvalue weighted by atomic mass is 35.5. The van der Waals surface area contributed by atoms with Crippen LogP contribution in [0, 0.1) is 0 Å². The number of piperazine rings is 1. The summed E-state index contributed by atoms with van der Waals surface area (Å²) in [7, 11) is 0. The summed E-state index contributed by atoms with van der Waals surface area (Å²) in [5.74, 6) is 1.63. The molecule has 1 unspecified atom stereocenters. The van der Waals surface area contributed by atoms with Gasteiger partial charge in [-0.25, -0.2) is 4.98 Å². The van der Waals surface area contributed by atoms with Crippen molar-refractivity contribution in [1.29, 1.82) is 0 Å². The molecule has 0 radical (unpaired) electrons. The maximum absolute atomic E-state index is 12.9. The summed E-state index contributed by atoms with van der Waals surface area (Å²) < 4.78 is 2.11. The number of nitrogens with zero attached hydrogens (tertiary/aromatic N) is 3. The van der Waals surface area contributed by atoms with Crippen molar-refractivity contribution in [1.82, 2.24) is 19.8 Å². The number of aromatic nitrogens is 2. The van der Waals surface area contributed by atoms with Crippen molar-refractivity contribution in [3.63, 3.8) is 0 Å². The average Bonchev–Trinajstić information content (AvgIpc) is 3.15. The number of carbonyl (C=O) groups excluding carboxylic acids is 1. The Balaban J connectivity index is 0.00000196. The number of nitrogens with one attached hydrogen (secondary N) is 1. The van der Waals surface area contributed by atoms with Crippen LogP contribution in [0.25, 0.3) is 0 Å². The number of imidazole rings is 1. The lowest BCUT2D eigenvalue weighted by Crippen LogP contribution is -2.48. The van der Waals surface area contributed by atoms with Crippen molar-refractivity contribution in [3.8, 4) is 0 Å². The van der Waals surface area contributed by atoms with Crippen LogP contribution in [0.2, 0.25) is 0 Å². The normalized spacial score (nSPS) is 16.4. The van der Waals surface area contributed by atoms with E-state index in [1.807, 2.05) is 17.3 Å². The SMILES string of the molecule is CCc1ccc(C2CNCCN2C(=O)CCn2ccnc2C(C)C)cc1.Cl.Cl. The van der Waals surface area contributed by atoms with Gasteiger partial charge in [-0.2, -0.15) is 0 Å². The van der Waals surface area contributed by atoms with Crippen LogP contribution >= 0.6 is 24.8 Å². The Labute approximate surface area is 180 Å². The maximum atomic E-state index is 12.9. The van der Waals surface area contributed by atoms with Crippen molar-refractivity contribution in [2.24, 2.45) is 0 Å². The van der Waals surface area contributed by atoms with E-state index in [1.165, 1.54) is 11.1 Å². The molecule has 0 aliphatic carbocycles.